The monoisotopic (exact) mass is 668 g/mol. The number of aromatic nitrogens is 4. The van der Waals surface area contributed by atoms with Gasteiger partial charge in [-0.3, -0.25) is 4.57 Å². The molecule has 0 spiro atoms. The van der Waals surface area contributed by atoms with Crippen molar-refractivity contribution in [3.8, 4) is 34.2 Å². The number of fused-ring (bicyclic) bond motifs is 10. The molecule has 11 aromatic rings. The lowest BCUT2D eigenvalue weighted by Gasteiger charge is -2.13. The lowest BCUT2D eigenvalue weighted by Crippen LogP contribution is -2.03. The first-order valence-corrected chi connectivity index (χ1v) is 18.0. The molecule has 0 aliphatic heterocycles. The summed E-state index contributed by atoms with van der Waals surface area (Å²) >= 11 is 1.82. The van der Waals surface area contributed by atoms with E-state index in [2.05, 4.69) is 179 Å². The normalized spacial score (nSPS) is 11.9. The number of hydrogen-bond donors (Lipinski definition) is 0. The van der Waals surface area contributed by atoms with Crippen LogP contribution in [0.4, 0.5) is 0 Å². The summed E-state index contributed by atoms with van der Waals surface area (Å²) in [5, 5.41) is 7.23. The summed E-state index contributed by atoms with van der Waals surface area (Å²) in [6.07, 6.45) is 0. The molecule has 0 bridgehead atoms. The molecule has 0 saturated heterocycles. The molecule has 51 heavy (non-hydrogen) atoms. The number of para-hydroxylation sites is 3. The average Bonchev–Trinajstić information content (AvgIpc) is 3.86. The summed E-state index contributed by atoms with van der Waals surface area (Å²) in [6, 6.07) is 60.5. The molecule has 4 heterocycles. The van der Waals surface area contributed by atoms with Crippen molar-refractivity contribution in [3.05, 3.63) is 170 Å². The van der Waals surface area contributed by atoms with Gasteiger partial charge in [-0.05, 0) is 42.5 Å². The zero-order valence-electron chi connectivity index (χ0n) is 27.4. The number of rotatable bonds is 4. The van der Waals surface area contributed by atoms with E-state index in [1.165, 1.54) is 47.2 Å². The summed E-state index contributed by atoms with van der Waals surface area (Å²) in [7, 11) is 0. The van der Waals surface area contributed by atoms with Gasteiger partial charge >= 0.3 is 0 Å². The van der Waals surface area contributed by atoms with Crippen molar-refractivity contribution in [1.82, 2.24) is 19.1 Å². The first-order chi connectivity index (χ1) is 25.3. The quantitative estimate of drug-likeness (QED) is 0.187. The van der Waals surface area contributed by atoms with Crippen LogP contribution in [0.5, 0.6) is 0 Å². The van der Waals surface area contributed by atoms with Crippen LogP contribution in [0.3, 0.4) is 0 Å². The number of nitrogens with zero attached hydrogens (tertiary/aromatic N) is 4. The molecule has 0 radical (unpaired) electrons. The molecule has 0 atom stereocenters. The maximum absolute atomic E-state index is 5.51. The zero-order chi connectivity index (χ0) is 33.5. The van der Waals surface area contributed by atoms with Gasteiger partial charge in [0.15, 0.2) is 5.82 Å². The van der Waals surface area contributed by atoms with E-state index in [9.17, 15) is 0 Å². The van der Waals surface area contributed by atoms with Gasteiger partial charge in [-0.25, -0.2) is 9.97 Å². The van der Waals surface area contributed by atoms with Gasteiger partial charge in [0, 0.05) is 64.6 Å². The molecule has 7 aromatic carbocycles. The molecule has 11 rings (SSSR count). The highest BCUT2D eigenvalue weighted by molar-refractivity contribution is 7.25. The summed E-state index contributed by atoms with van der Waals surface area (Å²) in [4.78, 5) is 10.8. The standard InChI is InChI=1S/C46H28N4S/c1-3-14-29(15-4-1)36-28-42(48-46(47-36)35-21-13-25-41-43(35)34-20-9-12-24-40(34)51-41)50-37-22-10-7-18-31(37)32-26-27-39-44(45(32)50)33-19-8-11-23-38(33)49(39)30-16-5-2-6-17-30/h1-28H. The summed E-state index contributed by atoms with van der Waals surface area (Å²) in [5.74, 6) is 1.55. The Bertz CT molecular complexity index is 3130. The minimum Gasteiger partial charge on any atom is -0.309 e. The molecule has 0 unspecified atom stereocenters. The van der Waals surface area contributed by atoms with Crippen LogP contribution in [0.15, 0.2) is 170 Å². The highest BCUT2D eigenvalue weighted by Gasteiger charge is 2.23. The minimum absolute atomic E-state index is 0.713. The Balaban J connectivity index is 1.30. The number of benzene rings is 7. The second kappa shape index (κ2) is 11.0. The number of hydrogen-bond acceptors (Lipinski definition) is 3. The molecule has 0 N–H and O–H groups in total. The fourth-order valence-corrected chi connectivity index (χ4v) is 9.12. The molecule has 4 aromatic heterocycles. The van der Waals surface area contributed by atoms with Crippen LogP contribution in [0.2, 0.25) is 0 Å². The van der Waals surface area contributed by atoms with E-state index in [4.69, 9.17) is 9.97 Å². The van der Waals surface area contributed by atoms with Crippen LogP contribution in [-0.4, -0.2) is 19.1 Å². The molecule has 238 valence electrons. The van der Waals surface area contributed by atoms with Crippen molar-refractivity contribution in [3.63, 3.8) is 0 Å². The van der Waals surface area contributed by atoms with E-state index in [0.717, 1.165) is 44.9 Å². The zero-order valence-corrected chi connectivity index (χ0v) is 28.2. The fraction of sp³-hybridized carbons (Fsp3) is 0. The van der Waals surface area contributed by atoms with E-state index >= 15 is 0 Å². The molecule has 4 nitrogen and oxygen atoms in total. The first-order valence-electron chi connectivity index (χ1n) is 17.2. The smallest absolute Gasteiger partial charge is 0.162 e. The Morgan fingerprint density at radius 1 is 0.431 bits per heavy atom. The maximum atomic E-state index is 5.51. The minimum atomic E-state index is 0.713. The van der Waals surface area contributed by atoms with Crippen molar-refractivity contribution in [1.29, 1.82) is 0 Å². The molecule has 0 amide bonds. The second-order valence-corrected chi connectivity index (χ2v) is 14.1. The Hall–Kier alpha value is -6.56. The molecule has 0 saturated carbocycles. The average molecular weight is 669 g/mol. The fourth-order valence-electron chi connectivity index (χ4n) is 7.99. The molecule has 5 heteroatoms. The van der Waals surface area contributed by atoms with E-state index in [0.29, 0.717) is 5.82 Å². The van der Waals surface area contributed by atoms with Crippen molar-refractivity contribution < 1.29 is 0 Å². The molecular formula is C46H28N4S. The van der Waals surface area contributed by atoms with Crippen LogP contribution in [0.1, 0.15) is 0 Å². The second-order valence-electron chi connectivity index (χ2n) is 13.0. The molecule has 0 aliphatic carbocycles. The van der Waals surface area contributed by atoms with Gasteiger partial charge in [-0.1, -0.05) is 121 Å². The lowest BCUT2D eigenvalue weighted by atomic mass is 10.1. The largest absolute Gasteiger partial charge is 0.309 e. The van der Waals surface area contributed by atoms with Crippen molar-refractivity contribution in [2.24, 2.45) is 0 Å². The van der Waals surface area contributed by atoms with Crippen LogP contribution >= 0.6 is 11.3 Å². The lowest BCUT2D eigenvalue weighted by molar-refractivity contribution is 1.05. The van der Waals surface area contributed by atoms with Crippen LogP contribution < -0.4 is 0 Å². The number of thiophene rings is 1. The third kappa shape index (κ3) is 4.19. The Morgan fingerprint density at radius 3 is 1.92 bits per heavy atom. The van der Waals surface area contributed by atoms with Gasteiger partial charge in [0.25, 0.3) is 0 Å². The summed E-state index contributed by atoms with van der Waals surface area (Å²) in [5.41, 5.74) is 8.70. The van der Waals surface area contributed by atoms with E-state index in [1.54, 1.807) is 0 Å². The third-order valence-electron chi connectivity index (χ3n) is 10.1. The summed E-state index contributed by atoms with van der Waals surface area (Å²) < 4.78 is 7.25. The topological polar surface area (TPSA) is 35.6 Å². The first kappa shape index (κ1) is 28.3. The Labute approximate surface area is 297 Å². The summed E-state index contributed by atoms with van der Waals surface area (Å²) in [6.45, 7) is 0. The van der Waals surface area contributed by atoms with E-state index in [1.807, 2.05) is 11.3 Å². The van der Waals surface area contributed by atoms with Gasteiger partial charge in [0.05, 0.1) is 27.8 Å². The van der Waals surface area contributed by atoms with Crippen molar-refractivity contribution in [2.45, 2.75) is 0 Å². The predicted molar refractivity (Wildman–Crippen MR) is 214 cm³/mol. The Morgan fingerprint density at radius 2 is 1.10 bits per heavy atom. The SMILES string of the molecule is c1ccc(-c2cc(-n3c4ccccc4c4ccc5c(c6ccccc6n5-c5ccccc5)c43)nc(-c3cccc4sc5ccccc5c34)n2)cc1. The van der Waals surface area contributed by atoms with Crippen LogP contribution in [-0.2, 0) is 0 Å². The Kier molecular flexibility index (Phi) is 6.09. The van der Waals surface area contributed by atoms with Crippen LogP contribution in [0, 0.1) is 0 Å². The van der Waals surface area contributed by atoms with Crippen molar-refractivity contribution in [2.75, 3.05) is 0 Å². The molecular weight excluding hydrogens is 641 g/mol. The van der Waals surface area contributed by atoms with Gasteiger partial charge in [-0.2, -0.15) is 0 Å². The highest BCUT2D eigenvalue weighted by Crippen LogP contribution is 2.43. The highest BCUT2D eigenvalue weighted by atomic mass is 32.1. The van der Waals surface area contributed by atoms with Crippen LogP contribution in [0.25, 0.3) is 97.9 Å². The van der Waals surface area contributed by atoms with Crippen molar-refractivity contribution >= 4 is 75.1 Å². The molecule has 0 fully saturated rings. The van der Waals surface area contributed by atoms with Gasteiger partial charge < -0.3 is 4.57 Å². The predicted octanol–water partition coefficient (Wildman–Crippen LogP) is 12.4. The van der Waals surface area contributed by atoms with E-state index in [-0.39, 0.29) is 0 Å². The van der Waals surface area contributed by atoms with Gasteiger partial charge in [0.1, 0.15) is 5.82 Å². The van der Waals surface area contributed by atoms with Gasteiger partial charge in [-0.15, -0.1) is 11.3 Å². The third-order valence-corrected chi connectivity index (χ3v) is 11.3. The van der Waals surface area contributed by atoms with Gasteiger partial charge in [0.2, 0.25) is 0 Å². The maximum Gasteiger partial charge on any atom is 0.162 e. The van der Waals surface area contributed by atoms with E-state index < -0.39 is 0 Å². The molecule has 0 aliphatic rings.